The average Bonchev–Trinajstić information content (AvgIpc) is 2.67. The van der Waals surface area contributed by atoms with Crippen molar-refractivity contribution < 1.29 is 9.59 Å². The van der Waals surface area contributed by atoms with Crippen LogP contribution in [0.1, 0.15) is 26.0 Å². The average molecular weight is 209 g/mol. The number of nitrogens with one attached hydrogen (secondary N) is 2. The van der Waals surface area contributed by atoms with E-state index in [1.165, 1.54) is 6.92 Å². The minimum Gasteiger partial charge on any atom is -0.348 e. The van der Waals surface area contributed by atoms with Gasteiger partial charge in [-0.3, -0.25) is 9.59 Å². The molecule has 1 aromatic heterocycles. The van der Waals surface area contributed by atoms with E-state index in [0.717, 1.165) is 5.69 Å². The number of hydrogen-bond acceptors (Lipinski definition) is 3. The van der Waals surface area contributed by atoms with Crippen molar-refractivity contribution >= 4 is 11.7 Å². The van der Waals surface area contributed by atoms with Gasteiger partial charge in [-0.25, -0.2) is 4.98 Å². The number of aromatic nitrogens is 2. The summed E-state index contributed by atoms with van der Waals surface area (Å²) in [5.74, 6) is -0.166. The zero-order valence-corrected chi connectivity index (χ0v) is 8.91. The van der Waals surface area contributed by atoms with Crippen LogP contribution in [0.15, 0.2) is 12.5 Å². The summed E-state index contributed by atoms with van der Waals surface area (Å²) in [7, 11) is 0. The molecular weight excluding hydrogens is 194 g/mol. The first kappa shape index (κ1) is 11.4. The molecule has 1 heterocycles. The highest BCUT2D eigenvalue weighted by molar-refractivity contribution is 5.88. The van der Waals surface area contributed by atoms with E-state index in [0.29, 0.717) is 12.8 Å². The van der Waals surface area contributed by atoms with Crippen LogP contribution in [0.4, 0.5) is 0 Å². The van der Waals surface area contributed by atoms with Crippen molar-refractivity contribution in [1.29, 1.82) is 0 Å². The highest BCUT2D eigenvalue weighted by Gasteiger charge is 2.18. The highest BCUT2D eigenvalue weighted by atomic mass is 16.2. The van der Waals surface area contributed by atoms with Crippen LogP contribution in [0, 0.1) is 0 Å². The van der Waals surface area contributed by atoms with E-state index in [1.807, 2.05) is 0 Å². The first-order valence-electron chi connectivity index (χ1n) is 4.90. The number of nitrogens with zero attached hydrogens (tertiary/aromatic N) is 1. The molecule has 0 unspecified atom stereocenters. The fourth-order valence-electron chi connectivity index (χ4n) is 1.35. The number of imidazole rings is 1. The smallest absolute Gasteiger partial charge is 0.217 e. The Morgan fingerprint density at radius 3 is 2.80 bits per heavy atom. The molecule has 1 atom stereocenters. The summed E-state index contributed by atoms with van der Waals surface area (Å²) in [6.45, 7) is 3.19. The molecule has 1 amide bonds. The SMILES string of the molecule is CCC(=O)[C@H](Cc1cnc[nH]1)NC(C)=O. The number of rotatable bonds is 5. The minimum absolute atomic E-state index is 0.0276. The summed E-state index contributed by atoms with van der Waals surface area (Å²) in [6, 6.07) is -0.451. The summed E-state index contributed by atoms with van der Waals surface area (Å²) >= 11 is 0. The van der Waals surface area contributed by atoms with Crippen molar-refractivity contribution in [3.05, 3.63) is 18.2 Å². The molecule has 0 radical (unpaired) electrons. The number of aromatic amines is 1. The molecule has 0 saturated heterocycles. The number of carbonyl (C=O) groups excluding carboxylic acids is 2. The summed E-state index contributed by atoms with van der Waals surface area (Å²) in [5, 5.41) is 2.63. The zero-order valence-electron chi connectivity index (χ0n) is 8.91. The van der Waals surface area contributed by atoms with E-state index in [4.69, 9.17) is 0 Å². The zero-order chi connectivity index (χ0) is 11.3. The molecule has 2 N–H and O–H groups in total. The number of Topliss-reactive ketones (excluding diaryl/α,β-unsaturated/α-hetero) is 1. The Morgan fingerprint density at radius 2 is 2.33 bits per heavy atom. The van der Waals surface area contributed by atoms with Crippen molar-refractivity contribution in [3.8, 4) is 0 Å². The van der Waals surface area contributed by atoms with E-state index in [9.17, 15) is 9.59 Å². The molecule has 5 heteroatoms. The van der Waals surface area contributed by atoms with Crippen molar-refractivity contribution in [3.63, 3.8) is 0 Å². The molecule has 1 aromatic rings. The molecule has 1 rings (SSSR count). The predicted molar refractivity (Wildman–Crippen MR) is 55.2 cm³/mol. The van der Waals surface area contributed by atoms with Crippen LogP contribution < -0.4 is 5.32 Å². The molecular formula is C10H15N3O2. The Kier molecular flexibility index (Phi) is 4.03. The van der Waals surface area contributed by atoms with Crippen molar-refractivity contribution in [1.82, 2.24) is 15.3 Å². The Labute approximate surface area is 88.3 Å². The first-order valence-corrected chi connectivity index (χ1v) is 4.90. The molecule has 0 aliphatic carbocycles. The quantitative estimate of drug-likeness (QED) is 0.738. The second kappa shape index (κ2) is 5.29. The molecule has 0 aliphatic rings. The largest absolute Gasteiger partial charge is 0.348 e. The molecule has 0 aromatic carbocycles. The molecule has 15 heavy (non-hydrogen) atoms. The molecule has 82 valence electrons. The maximum atomic E-state index is 11.5. The Morgan fingerprint density at radius 1 is 1.60 bits per heavy atom. The molecule has 0 fully saturated rings. The van der Waals surface area contributed by atoms with Gasteiger partial charge in [-0.2, -0.15) is 0 Å². The van der Waals surface area contributed by atoms with Crippen LogP contribution in [-0.2, 0) is 16.0 Å². The second-order valence-electron chi connectivity index (χ2n) is 3.35. The van der Waals surface area contributed by atoms with Crippen molar-refractivity contribution in [2.24, 2.45) is 0 Å². The van der Waals surface area contributed by atoms with Gasteiger partial charge in [-0.1, -0.05) is 6.92 Å². The third-order valence-corrected chi connectivity index (χ3v) is 2.09. The van der Waals surface area contributed by atoms with E-state index in [1.54, 1.807) is 19.4 Å². The minimum atomic E-state index is -0.451. The van der Waals surface area contributed by atoms with Gasteiger partial charge in [-0.15, -0.1) is 0 Å². The lowest BCUT2D eigenvalue weighted by Gasteiger charge is -2.14. The van der Waals surface area contributed by atoms with Crippen LogP contribution >= 0.6 is 0 Å². The van der Waals surface area contributed by atoms with Gasteiger partial charge in [0.2, 0.25) is 5.91 Å². The molecule has 0 spiro atoms. The number of ketones is 1. The van der Waals surface area contributed by atoms with Gasteiger partial charge in [0.1, 0.15) is 0 Å². The second-order valence-corrected chi connectivity index (χ2v) is 3.35. The van der Waals surface area contributed by atoms with Gasteiger partial charge < -0.3 is 10.3 Å². The van der Waals surface area contributed by atoms with E-state index in [-0.39, 0.29) is 11.7 Å². The third-order valence-electron chi connectivity index (χ3n) is 2.09. The van der Waals surface area contributed by atoms with Gasteiger partial charge >= 0.3 is 0 Å². The fraction of sp³-hybridized carbons (Fsp3) is 0.500. The van der Waals surface area contributed by atoms with Gasteiger partial charge in [0.05, 0.1) is 12.4 Å². The van der Waals surface area contributed by atoms with Gasteiger partial charge in [-0.05, 0) is 0 Å². The molecule has 5 nitrogen and oxygen atoms in total. The lowest BCUT2D eigenvalue weighted by atomic mass is 10.1. The third kappa shape index (κ3) is 3.53. The maximum Gasteiger partial charge on any atom is 0.217 e. The fourth-order valence-corrected chi connectivity index (χ4v) is 1.35. The molecule has 0 bridgehead atoms. The summed E-state index contributed by atoms with van der Waals surface area (Å²) in [4.78, 5) is 29.2. The number of amides is 1. The van der Waals surface area contributed by atoms with E-state index < -0.39 is 6.04 Å². The standard InChI is InChI=1S/C10H15N3O2/c1-3-10(15)9(13-7(2)14)4-8-5-11-6-12-8/h5-6,9H,3-4H2,1-2H3,(H,11,12)(H,13,14)/t9-/m0/s1. The highest BCUT2D eigenvalue weighted by Crippen LogP contribution is 2.01. The van der Waals surface area contributed by atoms with Gasteiger partial charge in [0.15, 0.2) is 5.78 Å². The van der Waals surface area contributed by atoms with Crippen LogP contribution in [-0.4, -0.2) is 27.7 Å². The van der Waals surface area contributed by atoms with Crippen molar-refractivity contribution in [2.45, 2.75) is 32.7 Å². The van der Waals surface area contributed by atoms with Crippen molar-refractivity contribution in [2.75, 3.05) is 0 Å². The predicted octanol–water partition coefficient (Wildman–Crippen LogP) is 0.436. The monoisotopic (exact) mass is 209 g/mol. The van der Waals surface area contributed by atoms with Crippen LogP contribution in [0.5, 0.6) is 0 Å². The molecule has 0 aliphatic heterocycles. The molecule has 0 saturated carbocycles. The van der Waals surface area contributed by atoms with Crippen LogP contribution in [0.2, 0.25) is 0 Å². The van der Waals surface area contributed by atoms with Crippen LogP contribution in [0.25, 0.3) is 0 Å². The normalized spacial score (nSPS) is 12.1. The summed E-state index contributed by atoms with van der Waals surface area (Å²) in [6.07, 6.45) is 4.08. The number of hydrogen-bond donors (Lipinski definition) is 2. The van der Waals surface area contributed by atoms with E-state index >= 15 is 0 Å². The summed E-state index contributed by atoms with van der Waals surface area (Å²) < 4.78 is 0. The summed E-state index contributed by atoms with van der Waals surface area (Å²) in [5.41, 5.74) is 0.843. The lowest BCUT2D eigenvalue weighted by Crippen LogP contribution is -2.41. The number of H-pyrrole nitrogens is 1. The van der Waals surface area contributed by atoms with Crippen LogP contribution in [0.3, 0.4) is 0 Å². The van der Waals surface area contributed by atoms with Gasteiger partial charge in [0.25, 0.3) is 0 Å². The maximum absolute atomic E-state index is 11.5. The topological polar surface area (TPSA) is 74.8 Å². The first-order chi connectivity index (χ1) is 7.13. The Balaban J connectivity index is 2.64. The Hall–Kier alpha value is -1.65. The lowest BCUT2D eigenvalue weighted by molar-refractivity contribution is -0.126. The van der Waals surface area contributed by atoms with Gasteiger partial charge in [0, 0.05) is 31.7 Å². The van der Waals surface area contributed by atoms with E-state index in [2.05, 4.69) is 15.3 Å². The Bertz CT molecular complexity index is 332. The number of carbonyl (C=O) groups is 2.